The zero-order valence-electron chi connectivity index (χ0n) is 12.9. The van der Waals surface area contributed by atoms with Crippen molar-refractivity contribution in [1.29, 1.82) is 0 Å². The summed E-state index contributed by atoms with van der Waals surface area (Å²) in [6.45, 7) is 9.93. The Kier molecular flexibility index (Phi) is 3.81. The largest absolute Gasteiger partial charge is 0.370 e. The molecule has 0 aromatic carbocycles. The molecule has 1 unspecified atom stereocenters. The van der Waals surface area contributed by atoms with Crippen molar-refractivity contribution in [3.05, 3.63) is 11.4 Å². The van der Waals surface area contributed by atoms with E-state index in [9.17, 15) is 0 Å². The van der Waals surface area contributed by atoms with E-state index in [2.05, 4.69) is 31.0 Å². The predicted molar refractivity (Wildman–Crippen MR) is 83.5 cm³/mol. The van der Waals surface area contributed by atoms with E-state index in [4.69, 9.17) is 9.97 Å². The summed E-state index contributed by atoms with van der Waals surface area (Å²) < 4.78 is 0. The van der Waals surface area contributed by atoms with E-state index in [1.165, 1.54) is 30.6 Å². The van der Waals surface area contributed by atoms with Gasteiger partial charge in [-0.3, -0.25) is 0 Å². The van der Waals surface area contributed by atoms with Crippen LogP contribution >= 0.6 is 0 Å². The summed E-state index contributed by atoms with van der Waals surface area (Å²) in [6.07, 6.45) is 4.91. The van der Waals surface area contributed by atoms with Gasteiger partial charge in [0.05, 0.1) is 0 Å². The molecule has 0 spiro atoms. The normalized spacial score (nSPS) is 22.4. The van der Waals surface area contributed by atoms with Gasteiger partial charge in [0.1, 0.15) is 17.5 Å². The fourth-order valence-corrected chi connectivity index (χ4v) is 2.90. The standard InChI is InChI=1S/C16H26N4/c1-4-8-17-14-12(3)16(20-9-7-11(2)10-20)19-15(18-14)13-5-6-13/h11,13H,4-10H2,1-3H3,(H,17,18,19). The molecule has 1 aliphatic heterocycles. The van der Waals surface area contributed by atoms with Crippen LogP contribution in [0.2, 0.25) is 0 Å². The number of nitrogens with zero attached hydrogens (tertiary/aromatic N) is 3. The van der Waals surface area contributed by atoms with Gasteiger partial charge in [0.2, 0.25) is 0 Å². The van der Waals surface area contributed by atoms with Crippen LogP contribution in [-0.4, -0.2) is 29.6 Å². The molecule has 1 aromatic rings. The summed E-state index contributed by atoms with van der Waals surface area (Å²) in [4.78, 5) is 12.1. The van der Waals surface area contributed by atoms with Crippen LogP contribution in [0.4, 0.5) is 11.6 Å². The third-order valence-electron chi connectivity index (χ3n) is 4.35. The molecule has 4 nitrogen and oxygen atoms in total. The maximum absolute atomic E-state index is 4.89. The van der Waals surface area contributed by atoms with Crippen molar-refractivity contribution in [3.8, 4) is 0 Å². The average molecular weight is 274 g/mol. The zero-order chi connectivity index (χ0) is 14.1. The number of hydrogen-bond donors (Lipinski definition) is 1. The van der Waals surface area contributed by atoms with Gasteiger partial charge in [-0.1, -0.05) is 13.8 Å². The molecule has 1 saturated carbocycles. The van der Waals surface area contributed by atoms with Crippen LogP contribution < -0.4 is 10.2 Å². The maximum Gasteiger partial charge on any atom is 0.137 e. The first-order valence-electron chi connectivity index (χ1n) is 8.06. The molecule has 2 fully saturated rings. The highest BCUT2D eigenvalue weighted by Gasteiger charge is 2.30. The molecule has 110 valence electrons. The zero-order valence-corrected chi connectivity index (χ0v) is 12.9. The highest BCUT2D eigenvalue weighted by molar-refractivity contribution is 5.59. The van der Waals surface area contributed by atoms with Crippen molar-refractivity contribution in [1.82, 2.24) is 9.97 Å². The van der Waals surface area contributed by atoms with Crippen molar-refractivity contribution in [2.75, 3.05) is 29.9 Å². The second-order valence-electron chi connectivity index (χ2n) is 6.42. The molecule has 1 atom stereocenters. The van der Waals surface area contributed by atoms with Crippen molar-refractivity contribution in [2.45, 2.75) is 52.4 Å². The van der Waals surface area contributed by atoms with E-state index in [-0.39, 0.29) is 0 Å². The van der Waals surface area contributed by atoms with Gasteiger partial charge >= 0.3 is 0 Å². The van der Waals surface area contributed by atoms with Gasteiger partial charge in [-0.15, -0.1) is 0 Å². The molecule has 1 aromatic heterocycles. The number of aromatic nitrogens is 2. The van der Waals surface area contributed by atoms with Crippen LogP contribution in [0.3, 0.4) is 0 Å². The fourth-order valence-electron chi connectivity index (χ4n) is 2.90. The maximum atomic E-state index is 4.89. The Morgan fingerprint density at radius 3 is 2.65 bits per heavy atom. The third-order valence-corrected chi connectivity index (χ3v) is 4.35. The number of rotatable bonds is 5. The van der Waals surface area contributed by atoms with Gasteiger partial charge in [-0.2, -0.15) is 0 Å². The minimum absolute atomic E-state index is 0.608. The average Bonchev–Trinajstić information content (AvgIpc) is 3.20. The topological polar surface area (TPSA) is 41.1 Å². The summed E-state index contributed by atoms with van der Waals surface area (Å²) in [5, 5.41) is 3.48. The molecule has 2 aliphatic rings. The molecular weight excluding hydrogens is 248 g/mol. The van der Waals surface area contributed by atoms with Gasteiger partial charge in [0.15, 0.2) is 0 Å². The van der Waals surface area contributed by atoms with E-state index in [0.29, 0.717) is 5.92 Å². The summed E-state index contributed by atoms with van der Waals surface area (Å²) in [5.74, 6) is 4.67. The Hall–Kier alpha value is -1.32. The van der Waals surface area contributed by atoms with Crippen molar-refractivity contribution in [2.24, 2.45) is 5.92 Å². The Labute approximate surface area is 122 Å². The Balaban J connectivity index is 1.91. The highest BCUT2D eigenvalue weighted by Crippen LogP contribution is 2.40. The van der Waals surface area contributed by atoms with Crippen molar-refractivity contribution in [3.63, 3.8) is 0 Å². The first-order valence-corrected chi connectivity index (χ1v) is 8.06. The van der Waals surface area contributed by atoms with E-state index in [0.717, 1.165) is 43.6 Å². The molecule has 1 aliphatic carbocycles. The van der Waals surface area contributed by atoms with Crippen LogP contribution in [-0.2, 0) is 0 Å². The molecule has 0 radical (unpaired) electrons. The molecule has 0 amide bonds. The summed E-state index contributed by atoms with van der Waals surface area (Å²) in [6, 6.07) is 0. The van der Waals surface area contributed by atoms with Crippen LogP contribution in [0, 0.1) is 12.8 Å². The lowest BCUT2D eigenvalue weighted by Crippen LogP contribution is -2.23. The quantitative estimate of drug-likeness (QED) is 0.894. The Morgan fingerprint density at radius 1 is 1.25 bits per heavy atom. The molecule has 3 rings (SSSR count). The molecular formula is C16H26N4. The lowest BCUT2D eigenvalue weighted by molar-refractivity contribution is 0.658. The number of nitrogens with one attached hydrogen (secondary N) is 1. The summed E-state index contributed by atoms with van der Waals surface area (Å²) >= 11 is 0. The first-order chi connectivity index (χ1) is 9.69. The highest BCUT2D eigenvalue weighted by atomic mass is 15.2. The Bertz CT molecular complexity index is 482. The van der Waals surface area contributed by atoms with E-state index in [1.54, 1.807) is 0 Å². The van der Waals surface area contributed by atoms with Crippen LogP contribution in [0.25, 0.3) is 0 Å². The van der Waals surface area contributed by atoms with Gasteiger partial charge in [-0.25, -0.2) is 9.97 Å². The van der Waals surface area contributed by atoms with Gasteiger partial charge in [0.25, 0.3) is 0 Å². The van der Waals surface area contributed by atoms with E-state index >= 15 is 0 Å². The van der Waals surface area contributed by atoms with Gasteiger partial charge in [-0.05, 0) is 38.5 Å². The molecule has 2 heterocycles. The van der Waals surface area contributed by atoms with E-state index in [1.807, 2.05) is 0 Å². The second kappa shape index (κ2) is 5.58. The van der Waals surface area contributed by atoms with Crippen LogP contribution in [0.1, 0.15) is 56.8 Å². The van der Waals surface area contributed by atoms with Crippen molar-refractivity contribution < 1.29 is 0 Å². The molecule has 4 heteroatoms. The molecule has 1 saturated heterocycles. The van der Waals surface area contributed by atoms with Crippen molar-refractivity contribution >= 4 is 11.6 Å². The second-order valence-corrected chi connectivity index (χ2v) is 6.42. The summed E-state index contributed by atoms with van der Waals surface area (Å²) in [7, 11) is 0. The summed E-state index contributed by atoms with van der Waals surface area (Å²) in [5.41, 5.74) is 1.22. The van der Waals surface area contributed by atoms with Crippen LogP contribution in [0.15, 0.2) is 0 Å². The first kappa shape index (κ1) is 13.7. The lowest BCUT2D eigenvalue weighted by Gasteiger charge is -2.22. The number of anilines is 2. The monoisotopic (exact) mass is 274 g/mol. The third kappa shape index (κ3) is 2.74. The Morgan fingerprint density at radius 2 is 2.05 bits per heavy atom. The molecule has 1 N–H and O–H groups in total. The lowest BCUT2D eigenvalue weighted by atomic mass is 10.2. The predicted octanol–water partition coefficient (Wildman–Crippen LogP) is 3.33. The van der Waals surface area contributed by atoms with Gasteiger partial charge < -0.3 is 10.2 Å². The van der Waals surface area contributed by atoms with Crippen LogP contribution in [0.5, 0.6) is 0 Å². The minimum atomic E-state index is 0.608. The number of hydrogen-bond acceptors (Lipinski definition) is 4. The smallest absolute Gasteiger partial charge is 0.137 e. The fraction of sp³-hybridized carbons (Fsp3) is 0.750. The minimum Gasteiger partial charge on any atom is -0.370 e. The van der Waals surface area contributed by atoms with Gasteiger partial charge in [0, 0.05) is 31.1 Å². The molecule has 20 heavy (non-hydrogen) atoms. The SMILES string of the molecule is CCCNc1nc(C2CC2)nc(N2CCC(C)C2)c1C. The molecule has 0 bridgehead atoms. The van der Waals surface area contributed by atoms with E-state index < -0.39 is 0 Å².